The number of hydrogen-bond acceptors (Lipinski definition) is 6. The molecule has 31 heavy (non-hydrogen) atoms. The Balaban J connectivity index is 1.51. The van der Waals surface area contributed by atoms with Gasteiger partial charge in [0, 0.05) is 17.3 Å². The van der Waals surface area contributed by atoms with Gasteiger partial charge in [0.05, 0.1) is 28.6 Å². The van der Waals surface area contributed by atoms with Crippen LogP contribution in [0, 0.1) is 0 Å². The van der Waals surface area contributed by atoms with Crippen LogP contribution in [0.3, 0.4) is 0 Å². The van der Waals surface area contributed by atoms with Gasteiger partial charge in [-0.25, -0.2) is 5.43 Å². The minimum atomic E-state index is -0.257. The Morgan fingerprint density at radius 2 is 1.90 bits per heavy atom. The van der Waals surface area contributed by atoms with Crippen LogP contribution in [0.5, 0.6) is 0 Å². The molecule has 7 nitrogen and oxygen atoms in total. The summed E-state index contributed by atoms with van der Waals surface area (Å²) in [5.41, 5.74) is 4.15. The number of aromatic nitrogens is 3. The number of hydrazone groups is 1. The molecular formula is C20H19Cl3N6OS. The molecule has 162 valence electrons. The predicted molar refractivity (Wildman–Crippen MR) is 127 cm³/mol. The summed E-state index contributed by atoms with van der Waals surface area (Å²) >= 11 is 19.0. The molecule has 0 aliphatic rings. The van der Waals surface area contributed by atoms with E-state index in [0.29, 0.717) is 33.3 Å². The summed E-state index contributed by atoms with van der Waals surface area (Å²) in [5.74, 6) is 0.673. The smallest absolute Gasteiger partial charge is 0.250 e. The van der Waals surface area contributed by atoms with Crippen molar-refractivity contribution in [3.05, 3.63) is 68.9 Å². The van der Waals surface area contributed by atoms with Crippen molar-refractivity contribution in [2.75, 3.05) is 11.1 Å². The second-order valence-electron chi connectivity index (χ2n) is 6.26. The Labute approximate surface area is 199 Å². The molecule has 0 saturated heterocycles. The molecule has 0 bridgehead atoms. The first-order valence-corrected chi connectivity index (χ1v) is 11.4. The molecule has 2 N–H and O–H groups in total. The predicted octanol–water partition coefficient (Wildman–Crippen LogP) is 5.11. The zero-order chi connectivity index (χ0) is 22.2. The van der Waals surface area contributed by atoms with Gasteiger partial charge >= 0.3 is 0 Å². The number of nitrogens with one attached hydrogen (secondary N) is 2. The average Bonchev–Trinajstić information content (AvgIpc) is 3.16. The molecule has 0 aliphatic heterocycles. The number of carbonyl (C=O) groups is 1. The van der Waals surface area contributed by atoms with E-state index in [1.165, 1.54) is 18.0 Å². The fourth-order valence-corrected chi connectivity index (χ4v) is 3.80. The van der Waals surface area contributed by atoms with Gasteiger partial charge in [-0.15, -0.1) is 10.2 Å². The zero-order valence-corrected chi connectivity index (χ0v) is 19.6. The van der Waals surface area contributed by atoms with E-state index < -0.39 is 0 Å². The number of amides is 1. The van der Waals surface area contributed by atoms with Crippen LogP contribution < -0.4 is 10.7 Å². The molecule has 11 heteroatoms. The molecule has 3 aromatic rings. The maximum Gasteiger partial charge on any atom is 0.250 e. The molecule has 1 aromatic heterocycles. The van der Waals surface area contributed by atoms with E-state index in [9.17, 15) is 4.79 Å². The molecular weight excluding hydrogens is 479 g/mol. The van der Waals surface area contributed by atoms with Gasteiger partial charge in [-0.3, -0.25) is 4.79 Å². The second-order valence-corrected chi connectivity index (χ2v) is 8.45. The third-order valence-electron chi connectivity index (χ3n) is 4.08. The number of hydrogen-bond donors (Lipinski definition) is 2. The van der Waals surface area contributed by atoms with Crippen molar-refractivity contribution < 1.29 is 4.79 Å². The van der Waals surface area contributed by atoms with Crippen molar-refractivity contribution >= 4 is 64.4 Å². The third-order valence-corrected chi connectivity index (χ3v) is 6.04. The van der Waals surface area contributed by atoms with E-state index >= 15 is 0 Å². The van der Waals surface area contributed by atoms with Crippen molar-refractivity contribution in [1.82, 2.24) is 20.2 Å². The van der Waals surface area contributed by atoms with Gasteiger partial charge in [-0.1, -0.05) is 52.6 Å². The van der Waals surface area contributed by atoms with Crippen LogP contribution in [-0.2, 0) is 17.9 Å². The van der Waals surface area contributed by atoms with Crippen LogP contribution in [0.4, 0.5) is 5.69 Å². The van der Waals surface area contributed by atoms with Gasteiger partial charge in [-0.05, 0) is 48.9 Å². The van der Waals surface area contributed by atoms with E-state index in [-0.39, 0.29) is 11.7 Å². The van der Waals surface area contributed by atoms with Gasteiger partial charge < -0.3 is 9.88 Å². The fraction of sp³-hybridized carbons (Fsp3) is 0.200. The standard InChI is InChI=1S/C20H19Cl3N6OS/c1-2-29-18(11-24-15-6-4-14(21)5-7-15)26-28-20(29)31-12-19(30)27-25-10-13-3-8-16(22)17(23)9-13/h3-10,24H,2,11-12H2,1H3,(H,27,30)/b25-10-. The van der Waals surface area contributed by atoms with Crippen LogP contribution in [0.1, 0.15) is 18.3 Å². The summed E-state index contributed by atoms with van der Waals surface area (Å²) < 4.78 is 1.96. The lowest BCUT2D eigenvalue weighted by Crippen LogP contribution is -2.20. The van der Waals surface area contributed by atoms with Crippen LogP contribution in [-0.4, -0.2) is 32.6 Å². The number of carbonyl (C=O) groups excluding carboxylic acids is 1. The number of anilines is 1. The first kappa shape index (κ1) is 23.4. The Morgan fingerprint density at radius 1 is 1.13 bits per heavy atom. The van der Waals surface area contributed by atoms with Crippen molar-refractivity contribution in [3.63, 3.8) is 0 Å². The van der Waals surface area contributed by atoms with Crippen LogP contribution in [0.15, 0.2) is 52.7 Å². The highest BCUT2D eigenvalue weighted by molar-refractivity contribution is 7.99. The summed E-state index contributed by atoms with van der Waals surface area (Å²) in [6.07, 6.45) is 1.50. The second kappa shape index (κ2) is 11.4. The molecule has 1 heterocycles. The Hall–Kier alpha value is -2.26. The molecule has 0 aliphatic carbocycles. The maximum absolute atomic E-state index is 12.1. The molecule has 1 amide bonds. The normalized spacial score (nSPS) is 11.1. The molecule has 0 atom stereocenters. The Kier molecular flexibility index (Phi) is 8.60. The van der Waals surface area contributed by atoms with Gasteiger partial charge in [0.2, 0.25) is 0 Å². The van der Waals surface area contributed by atoms with Crippen molar-refractivity contribution in [2.45, 2.75) is 25.2 Å². The number of nitrogens with zero attached hydrogens (tertiary/aromatic N) is 4. The highest BCUT2D eigenvalue weighted by Crippen LogP contribution is 2.22. The summed E-state index contributed by atoms with van der Waals surface area (Å²) in [5, 5.41) is 17.9. The van der Waals surface area contributed by atoms with Crippen LogP contribution in [0.25, 0.3) is 0 Å². The van der Waals surface area contributed by atoms with Crippen molar-refractivity contribution in [3.8, 4) is 0 Å². The largest absolute Gasteiger partial charge is 0.378 e. The first-order chi connectivity index (χ1) is 15.0. The maximum atomic E-state index is 12.1. The molecule has 3 rings (SSSR count). The van der Waals surface area contributed by atoms with E-state index in [4.69, 9.17) is 34.8 Å². The van der Waals surface area contributed by atoms with Gasteiger partial charge in [0.1, 0.15) is 0 Å². The van der Waals surface area contributed by atoms with Gasteiger partial charge in [0.15, 0.2) is 11.0 Å². The van der Waals surface area contributed by atoms with Crippen molar-refractivity contribution in [2.24, 2.45) is 5.10 Å². The molecule has 0 saturated carbocycles. The van der Waals surface area contributed by atoms with E-state index in [1.807, 2.05) is 35.8 Å². The molecule has 0 spiro atoms. The van der Waals surface area contributed by atoms with Gasteiger partial charge in [0.25, 0.3) is 5.91 Å². The number of thioether (sulfide) groups is 1. The number of halogens is 3. The first-order valence-electron chi connectivity index (χ1n) is 9.27. The van der Waals surface area contributed by atoms with Crippen LogP contribution >= 0.6 is 46.6 Å². The lowest BCUT2D eigenvalue weighted by molar-refractivity contribution is -0.118. The molecule has 0 radical (unpaired) electrons. The minimum Gasteiger partial charge on any atom is -0.378 e. The zero-order valence-electron chi connectivity index (χ0n) is 16.5. The fourth-order valence-electron chi connectivity index (χ4n) is 2.56. The summed E-state index contributed by atoms with van der Waals surface area (Å²) in [7, 11) is 0. The average molecular weight is 498 g/mol. The topological polar surface area (TPSA) is 84.2 Å². The van der Waals surface area contributed by atoms with E-state index in [0.717, 1.165) is 17.1 Å². The summed E-state index contributed by atoms with van der Waals surface area (Å²) in [6, 6.07) is 12.5. The SMILES string of the molecule is CCn1c(CNc2ccc(Cl)cc2)nnc1SCC(=O)N/N=C\c1ccc(Cl)c(Cl)c1. The summed E-state index contributed by atoms with van der Waals surface area (Å²) in [4.78, 5) is 12.1. The van der Waals surface area contributed by atoms with E-state index in [1.54, 1.807) is 18.2 Å². The monoisotopic (exact) mass is 496 g/mol. The lowest BCUT2D eigenvalue weighted by Gasteiger charge is -2.09. The third kappa shape index (κ3) is 6.87. The highest BCUT2D eigenvalue weighted by Gasteiger charge is 2.13. The lowest BCUT2D eigenvalue weighted by atomic mass is 10.2. The quantitative estimate of drug-likeness (QED) is 0.244. The number of benzene rings is 2. The van der Waals surface area contributed by atoms with Gasteiger partial charge in [-0.2, -0.15) is 5.10 Å². The Bertz CT molecular complexity index is 1070. The van der Waals surface area contributed by atoms with Crippen LogP contribution in [0.2, 0.25) is 15.1 Å². The highest BCUT2D eigenvalue weighted by atomic mass is 35.5. The molecule has 0 unspecified atom stereocenters. The number of rotatable bonds is 9. The summed E-state index contributed by atoms with van der Waals surface area (Å²) in [6.45, 7) is 3.19. The van der Waals surface area contributed by atoms with Crippen molar-refractivity contribution in [1.29, 1.82) is 0 Å². The minimum absolute atomic E-state index is 0.154. The Morgan fingerprint density at radius 3 is 2.61 bits per heavy atom. The molecule has 0 fully saturated rings. The molecule has 2 aromatic carbocycles. The van der Waals surface area contributed by atoms with E-state index in [2.05, 4.69) is 26.0 Å².